The summed E-state index contributed by atoms with van der Waals surface area (Å²) in [7, 11) is 0. The number of hydrogen-bond donors (Lipinski definition) is 5. The normalized spacial score (nSPS) is 22.9. The predicted molar refractivity (Wildman–Crippen MR) is 158 cm³/mol. The molecule has 9 nitrogen and oxygen atoms in total. The highest BCUT2D eigenvalue weighted by Gasteiger charge is 2.35. The fourth-order valence-electron chi connectivity index (χ4n) is 5.90. The minimum Gasteiger partial charge on any atom is -0.465 e. The smallest absolute Gasteiger partial charge is 0.410 e. The Bertz CT molecular complexity index is 1030. The molecular weight excluding hydrogens is 516 g/mol. The second kappa shape index (κ2) is 14.8. The number of amidine groups is 3. The van der Waals surface area contributed by atoms with Crippen molar-refractivity contribution in [3.8, 4) is 0 Å². The van der Waals surface area contributed by atoms with Gasteiger partial charge >= 0.3 is 6.09 Å². The predicted octanol–water partition coefficient (Wildman–Crippen LogP) is 5.30. The molecule has 1 aromatic carbocycles. The monoisotopic (exact) mass is 560 g/mol. The number of aliphatic imine (C=N–C) groups is 2. The lowest BCUT2D eigenvalue weighted by Crippen LogP contribution is -2.50. The fraction of sp³-hybridized carbons (Fsp3) is 0.655. The quantitative estimate of drug-likeness (QED) is 0.205. The molecule has 10 heteroatoms. The van der Waals surface area contributed by atoms with Crippen LogP contribution in [0.15, 0.2) is 34.3 Å². The Kier molecular flexibility index (Phi) is 11.8. The summed E-state index contributed by atoms with van der Waals surface area (Å²) in [6, 6.07) is 7.15. The van der Waals surface area contributed by atoms with Gasteiger partial charge in [-0.25, -0.2) is 9.79 Å². The van der Waals surface area contributed by atoms with Gasteiger partial charge < -0.3 is 15.9 Å². The van der Waals surface area contributed by atoms with Gasteiger partial charge in [-0.3, -0.25) is 20.6 Å². The van der Waals surface area contributed by atoms with Gasteiger partial charge in [-0.15, -0.1) is 0 Å². The molecular formula is C29H45ClN6O3. The van der Waals surface area contributed by atoms with Crippen LogP contribution in [0.4, 0.5) is 4.79 Å². The van der Waals surface area contributed by atoms with Crippen LogP contribution in [0.25, 0.3) is 0 Å². The second-order valence-corrected chi connectivity index (χ2v) is 12.1. The summed E-state index contributed by atoms with van der Waals surface area (Å²) in [6.45, 7) is 6.00. The number of amides is 1. The summed E-state index contributed by atoms with van der Waals surface area (Å²) < 4.78 is 0. The zero-order chi connectivity index (χ0) is 28.4. The molecule has 39 heavy (non-hydrogen) atoms. The van der Waals surface area contributed by atoms with Gasteiger partial charge in [0.15, 0.2) is 11.7 Å². The Hall–Kier alpha value is -2.49. The molecule has 0 heterocycles. The van der Waals surface area contributed by atoms with E-state index in [9.17, 15) is 9.90 Å². The van der Waals surface area contributed by atoms with Crippen LogP contribution < -0.4 is 11.1 Å². The molecule has 0 saturated heterocycles. The zero-order valence-corrected chi connectivity index (χ0v) is 24.1. The van der Waals surface area contributed by atoms with E-state index in [4.69, 9.17) is 27.9 Å². The van der Waals surface area contributed by atoms with Crippen molar-refractivity contribution in [2.45, 2.75) is 83.8 Å². The third kappa shape index (κ3) is 10.5. The molecule has 2 fully saturated rings. The van der Waals surface area contributed by atoms with Crippen molar-refractivity contribution in [2.24, 2.45) is 33.5 Å². The van der Waals surface area contributed by atoms with Crippen molar-refractivity contribution in [3.05, 3.63) is 34.9 Å². The zero-order valence-electron chi connectivity index (χ0n) is 23.3. The molecule has 2 aliphatic rings. The summed E-state index contributed by atoms with van der Waals surface area (Å²) in [4.78, 5) is 22.2. The first-order valence-corrected chi connectivity index (χ1v) is 14.5. The van der Waals surface area contributed by atoms with E-state index in [0.29, 0.717) is 24.0 Å². The Balaban J connectivity index is 1.79. The molecule has 0 spiro atoms. The number of nitrogens with two attached hydrogens (primary N) is 1. The summed E-state index contributed by atoms with van der Waals surface area (Å²) >= 11 is 6.08. The highest BCUT2D eigenvalue weighted by Crippen LogP contribution is 2.34. The van der Waals surface area contributed by atoms with E-state index < -0.39 is 17.5 Å². The van der Waals surface area contributed by atoms with Crippen LogP contribution in [0.1, 0.15) is 77.2 Å². The van der Waals surface area contributed by atoms with Crippen LogP contribution in [-0.2, 0) is 6.54 Å². The molecule has 6 N–H and O–H groups in total. The van der Waals surface area contributed by atoms with Gasteiger partial charge in [0.25, 0.3) is 0 Å². The van der Waals surface area contributed by atoms with E-state index in [2.05, 4.69) is 21.8 Å². The van der Waals surface area contributed by atoms with Gasteiger partial charge in [0.2, 0.25) is 0 Å². The van der Waals surface area contributed by atoms with Crippen molar-refractivity contribution in [1.82, 2.24) is 10.2 Å². The van der Waals surface area contributed by atoms with Gasteiger partial charge in [0.1, 0.15) is 5.84 Å². The minimum atomic E-state index is -1.37. The Morgan fingerprint density at radius 3 is 2.54 bits per heavy atom. The lowest BCUT2D eigenvalue weighted by atomic mass is 9.77. The van der Waals surface area contributed by atoms with Gasteiger partial charge in [-0.05, 0) is 68.1 Å². The fourth-order valence-corrected chi connectivity index (χ4v) is 6.12. The third-order valence-corrected chi connectivity index (χ3v) is 8.31. The molecule has 1 amide bonds. The lowest BCUT2D eigenvalue weighted by Gasteiger charge is -2.40. The summed E-state index contributed by atoms with van der Waals surface area (Å²) in [5.41, 5.74) is 6.37. The van der Waals surface area contributed by atoms with Crippen LogP contribution in [-0.4, -0.2) is 63.9 Å². The molecule has 1 atom stereocenters. The number of rotatable bonds is 9. The number of aliphatic hydroxyl groups is 1. The SMILES string of the molecule is CC(O)(CN(C/C(N)=N\C(=N/Cc1cccc(Cl)c1)C(=N)NC(=O)O)C[C@H]1CC[C@H](C)CC1)C1CCCCC1. The summed E-state index contributed by atoms with van der Waals surface area (Å²) in [5, 5.41) is 31.5. The maximum atomic E-state index is 11.5. The molecule has 0 bridgehead atoms. The van der Waals surface area contributed by atoms with Crippen molar-refractivity contribution in [2.75, 3.05) is 19.6 Å². The molecule has 1 aromatic rings. The number of carboxylic acid groups (broad SMARTS) is 1. The van der Waals surface area contributed by atoms with E-state index in [0.717, 1.165) is 56.6 Å². The van der Waals surface area contributed by atoms with E-state index >= 15 is 0 Å². The highest BCUT2D eigenvalue weighted by molar-refractivity contribution is 6.43. The van der Waals surface area contributed by atoms with Crippen LogP contribution >= 0.6 is 11.6 Å². The largest absolute Gasteiger partial charge is 0.465 e. The van der Waals surface area contributed by atoms with Crippen molar-refractivity contribution in [1.29, 1.82) is 5.41 Å². The number of nitrogens with one attached hydrogen (secondary N) is 2. The minimum absolute atomic E-state index is 0.0969. The number of halogens is 1. The van der Waals surface area contributed by atoms with Crippen molar-refractivity contribution >= 4 is 35.2 Å². The molecule has 1 unspecified atom stereocenters. The van der Waals surface area contributed by atoms with Crippen LogP contribution in [0, 0.1) is 23.2 Å². The van der Waals surface area contributed by atoms with E-state index in [1.165, 1.54) is 19.3 Å². The molecule has 216 valence electrons. The van der Waals surface area contributed by atoms with E-state index in [1.807, 2.05) is 18.3 Å². The summed E-state index contributed by atoms with van der Waals surface area (Å²) in [5.74, 6) is 1.20. The number of carbonyl (C=O) groups is 1. The first-order chi connectivity index (χ1) is 18.5. The third-order valence-electron chi connectivity index (χ3n) is 8.07. The Labute approximate surface area is 237 Å². The molecule has 3 rings (SSSR count). The standard InChI is InChI=1S/C29H45ClN6O3/c1-20-11-13-21(14-12-20)17-36(19-29(2,39)23-8-4-3-5-9-23)18-25(31)34-27(26(32)35-28(37)38)33-16-22-7-6-10-24(30)15-22/h6-7,10,15,20-21,23,39H,3-5,8-9,11-14,16-19H2,1-2H3,(H2,32,35)(H,37,38)(H2,31,33,34)/t20-,21-,29?. The first-order valence-electron chi connectivity index (χ1n) is 14.2. The Morgan fingerprint density at radius 1 is 1.21 bits per heavy atom. The molecule has 0 aliphatic heterocycles. The maximum Gasteiger partial charge on any atom is 0.410 e. The van der Waals surface area contributed by atoms with Crippen LogP contribution in [0.2, 0.25) is 5.02 Å². The first kappa shape index (κ1) is 31.0. The van der Waals surface area contributed by atoms with Crippen LogP contribution in [0.3, 0.4) is 0 Å². The van der Waals surface area contributed by atoms with E-state index in [-0.39, 0.29) is 24.1 Å². The molecule has 2 saturated carbocycles. The molecule has 2 aliphatic carbocycles. The van der Waals surface area contributed by atoms with Gasteiger partial charge in [-0.1, -0.05) is 62.8 Å². The number of hydrogen-bond acceptors (Lipinski definition) is 5. The molecule has 0 aromatic heterocycles. The highest BCUT2D eigenvalue weighted by atomic mass is 35.5. The molecule has 0 radical (unpaired) electrons. The van der Waals surface area contributed by atoms with E-state index in [1.54, 1.807) is 18.2 Å². The van der Waals surface area contributed by atoms with Crippen molar-refractivity contribution < 1.29 is 15.0 Å². The Morgan fingerprint density at radius 2 is 1.90 bits per heavy atom. The van der Waals surface area contributed by atoms with Crippen LogP contribution in [0.5, 0.6) is 0 Å². The van der Waals surface area contributed by atoms with Gasteiger partial charge in [-0.2, -0.15) is 0 Å². The maximum absolute atomic E-state index is 11.5. The van der Waals surface area contributed by atoms with Gasteiger partial charge in [0, 0.05) is 18.1 Å². The number of benzene rings is 1. The number of nitrogens with zero attached hydrogens (tertiary/aromatic N) is 3. The average Bonchev–Trinajstić information content (AvgIpc) is 2.87. The van der Waals surface area contributed by atoms with Crippen molar-refractivity contribution in [3.63, 3.8) is 0 Å². The van der Waals surface area contributed by atoms with Gasteiger partial charge in [0.05, 0.1) is 18.7 Å². The lowest BCUT2D eigenvalue weighted by molar-refractivity contribution is -0.0434. The second-order valence-electron chi connectivity index (χ2n) is 11.7. The summed E-state index contributed by atoms with van der Waals surface area (Å²) in [6.07, 6.45) is 8.93. The average molecular weight is 561 g/mol. The topological polar surface area (TPSA) is 147 Å².